The lowest BCUT2D eigenvalue weighted by atomic mass is 10.2. The molecule has 2 rings (SSSR count). The van der Waals surface area contributed by atoms with Crippen molar-refractivity contribution >= 4 is 27.1 Å². The average Bonchev–Trinajstić information content (AvgIpc) is 3.06. The smallest absolute Gasteiger partial charge is 0.237 e. The zero-order valence-corrected chi connectivity index (χ0v) is 15.8. The first-order valence-corrected chi connectivity index (χ1v) is 10.6. The summed E-state index contributed by atoms with van der Waals surface area (Å²) in [6.07, 6.45) is 1.25. The van der Waals surface area contributed by atoms with E-state index in [1.807, 2.05) is 36.4 Å². The van der Waals surface area contributed by atoms with E-state index in [-0.39, 0.29) is 18.1 Å². The second-order valence-corrected chi connectivity index (χ2v) is 9.17. The molecule has 0 aliphatic heterocycles. The van der Waals surface area contributed by atoms with Crippen molar-refractivity contribution in [2.45, 2.75) is 19.0 Å². The molecule has 0 aliphatic rings. The minimum atomic E-state index is -3.12. The predicted octanol–water partition coefficient (Wildman–Crippen LogP) is 1.80. The largest absolute Gasteiger partial charge is 0.497 e. The van der Waals surface area contributed by atoms with Crippen molar-refractivity contribution in [2.24, 2.45) is 5.73 Å². The summed E-state index contributed by atoms with van der Waals surface area (Å²) < 4.78 is 27.4. The van der Waals surface area contributed by atoms with Crippen LogP contribution in [0.25, 0.3) is 10.4 Å². The molecule has 0 fully saturated rings. The molecule has 1 unspecified atom stereocenters. The minimum Gasteiger partial charge on any atom is -0.497 e. The van der Waals surface area contributed by atoms with Crippen LogP contribution in [-0.4, -0.2) is 39.5 Å². The molecule has 25 heavy (non-hydrogen) atoms. The monoisotopic (exact) mass is 382 g/mol. The number of sulfone groups is 1. The van der Waals surface area contributed by atoms with Crippen LogP contribution in [0.3, 0.4) is 0 Å². The topological polar surface area (TPSA) is 98.5 Å². The van der Waals surface area contributed by atoms with Gasteiger partial charge >= 0.3 is 0 Å². The molecule has 1 amide bonds. The van der Waals surface area contributed by atoms with Crippen LogP contribution >= 0.6 is 11.3 Å². The van der Waals surface area contributed by atoms with Crippen molar-refractivity contribution < 1.29 is 17.9 Å². The molecule has 8 heteroatoms. The highest BCUT2D eigenvalue weighted by Gasteiger charge is 2.16. The van der Waals surface area contributed by atoms with Crippen LogP contribution in [0.15, 0.2) is 36.4 Å². The lowest BCUT2D eigenvalue weighted by molar-refractivity contribution is -0.122. The van der Waals surface area contributed by atoms with E-state index < -0.39 is 15.9 Å². The van der Waals surface area contributed by atoms with Crippen molar-refractivity contribution in [3.8, 4) is 16.2 Å². The molecule has 0 aliphatic carbocycles. The summed E-state index contributed by atoms with van der Waals surface area (Å²) in [4.78, 5) is 14.0. The molecule has 0 spiro atoms. The Morgan fingerprint density at radius 1 is 1.24 bits per heavy atom. The highest BCUT2D eigenvalue weighted by molar-refractivity contribution is 7.90. The molecule has 0 saturated heterocycles. The number of nitrogens with two attached hydrogens (primary N) is 1. The molecular formula is C17H22N2O4S2. The lowest BCUT2D eigenvalue weighted by Gasteiger charge is -2.11. The van der Waals surface area contributed by atoms with Gasteiger partial charge in [0.05, 0.1) is 25.4 Å². The van der Waals surface area contributed by atoms with Crippen LogP contribution < -0.4 is 15.8 Å². The van der Waals surface area contributed by atoms with Crippen molar-refractivity contribution in [1.29, 1.82) is 0 Å². The number of nitrogens with one attached hydrogen (secondary N) is 1. The summed E-state index contributed by atoms with van der Waals surface area (Å²) in [6, 6.07) is 10.9. The molecule has 1 aromatic carbocycles. The Morgan fingerprint density at radius 2 is 1.92 bits per heavy atom. The number of thiophene rings is 1. The Kier molecular flexibility index (Phi) is 6.57. The maximum Gasteiger partial charge on any atom is 0.237 e. The van der Waals surface area contributed by atoms with Gasteiger partial charge in [0.2, 0.25) is 5.91 Å². The number of carbonyl (C=O) groups is 1. The van der Waals surface area contributed by atoms with E-state index in [2.05, 4.69) is 5.32 Å². The fourth-order valence-corrected chi connectivity index (χ4v) is 3.80. The number of rotatable bonds is 8. The third kappa shape index (κ3) is 6.15. The maximum absolute atomic E-state index is 11.9. The van der Waals surface area contributed by atoms with E-state index in [1.165, 1.54) is 0 Å². The standard InChI is InChI=1S/C17H22N2O4S2/c1-23-13-5-3-12(4-6-13)16-8-7-14(24-16)11-19-17(20)15(18)9-10-25(2,21)22/h3-8,15H,9-11,18H2,1-2H3,(H,19,20). The van der Waals surface area contributed by atoms with E-state index in [4.69, 9.17) is 10.5 Å². The van der Waals surface area contributed by atoms with Crippen LogP contribution in [-0.2, 0) is 21.2 Å². The van der Waals surface area contributed by atoms with Crippen LogP contribution in [0.1, 0.15) is 11.3 Å². The first-order valence-electron chi connectivity index (χ1n) is 7.72. The molecule has 3 N–H and O–H groups in total. The molecule has 1 aromatic heterocycles. The van der Waals surface area contributed by atoms with Crippen LogP contribution in [0, 0.1) is 0 Å². The van der Waals surface area contributed by atoms with Crippen molar-refractivity contribution in [3.63, 3.8) is 0 Å². The molecule has 1 heterocycles. The Bertz CT molecular complexity index is 813. The van der Waals surface area contributed by atoms with Gasteiger partial charge in [-0.15, -0.1) is 11.3 Å². The van der Waals surface area contributed by atoms with Gasteiger partial charge in [-0.2, -0.15) is 0 Å². The highest BCUT2D eigenvalue weighted by atomic mass is 32.2. The number of amides is 1. The number of ether oxygens (including phenoxy) is 1. The summed E-state index contributed by atoms with van der Waals surface area (Å²) in [6.45, 7) is 0.367. The van der Waals surface area contributed by atoms with Gasteiger partial charge in [-0.05, 0) is 48.4 Å². The molecule has 0 radical (unpaired) electrons. The van der Waals surface area contributed by atoms with Gasteiger partial charge in [0, 0.05) is 16.0 Å². The van der Waals surface area contributed by atoms with Gasteiger partial charge in [0.1, 0.15) is 15.6 Å². The maximum atomic E-state index is 11.9. The van der Waals surface area contributed by atoms with Crippen molar-refractivity contribution in [3.05, 3.63) is 41.3 Å². The van der Waals surface area contributed by atoms with Gasteiger partial charge in [-0.1, -0.05) is 0 Å². The number of methoxy groups -OCH3 is 1. The third-order valence-corrected chi connectivity index (χ3v) is 5.72. The van der Waals surface area contributed by atoms with Crippen molar-refractivity contribution in [2.75, 3.05) is 19.1 Å². The number of benzene rings is 1. The average molecular weight is 383 g/mol. The second-order valence-electron chi connectivity index (χ2n) is 5.74. The Labute approximate surface area is 151 Å². The van der Waals surface area contributed by atoms with Gasteiger partial charge in [-0.3, -0.25) is 4.79 Å². The normalized spacial score (nSPS) is 12.6. The SMILES string of the molecule is COc1ccc(-c2ccc(CNC(=O)C(N)CCS(C)(=O)=O)s2)cc1. The molecule has 0 bridgehead atoms. The molecule has 2 aromatic rings. The summed E-state index contributed by atoms with van der Waals surface area (Å²) in [7, 11) is -1.49. The summed E-state index contributed by atoms with van der Waals surface area (Å²) in [5.41, 5.74) is 6.80. The molecule has 0 saturated carbocycles. The molecule has 6 nitrogen and oxygen atoms in total. The van der Waals surface area contributed by atoms with Crippen LogP contribution in [0.4, 0.5) is 0 Å². The summed E-state index contributed by atoms with van der Waals surface area (Å²) in [5.74, 6) is 0.362. The zero-order chi connectivity index (χ0) is 18.4. The first kappa shape index (κ1) is 19.4. The van der Waals surface area contributed by atoms with Crippen LogP contribution in [0.5, 0.6) is 5.75 Å². The third-order valence-electron chi connectivity index (χ3n) is 3.61. The molecule has 1 atom stereocenters. The first-order chi connectivity index (χ1) is 11.8. The lowest BCUT2D eigenvalue weighted by Crippen LogP contribution is -2.41. The predicted molar refractivity (Wildman–Crippen MR) is 100 cm³/mol. The highest BCUT2D eigenvalue weighted by Crippen LogP contribution is 2.29. The molecule has 136 valence electrons. The van der Waals surface area contributed by atoms with E-state index in [1.54, 1.807) is 18.4 Å². The Morgan fingerprint density at radius 3 is 2.52 bits per heavy atom. The van der Waals surface area contributed by atoms with Gasteiger partial charge in [-0.25, -0.2) is 8.42 Å². The Hall–Kier alpha value is -1.90. The Balaban J connectivity index is 1.89. The van der Waals surface area contributed by atoms with E-state index in [0.29, 0.717) is 6.54 Å². The number of hydrogen-bond acceptors (Lipinski definition) is 6. The molecular weight excluding hydrogens is 360 g/mol. The van der Waals surface area contributed by atoms with E-state index >= 15 is 0 Å². The number of hydrogen-bond donors (Lipinski definition) is 2. The summed E-state index contributed by atoms with van der Waals surface area (Å²) >= 11 is 1.58. The fraction of sp³-hybridized carbons (Fsp3) is 0.353. The van der Waals surface area contributed by atoms with Crippen LogP contribution in [0.2, 0.25) is 0 Å². The summed E-state index contributed by atoms with van der Waals surface area (Å²) in [5, 5.41) is 2.75. The second kappa shape index (κ2) is 8.46. The van der Waals surface area contributed by atoms with Gasteiger partial charge < -0.3 is 15.8 Å². The van der Waals surface area contributed by atoms with Gasteiger partial charge in [0.15, 0.2) is 0 Å². The van der Waals surface area contributed by atoms with E-state index in [0.717, 1.165) is 27.3 Å². The zero-order valence-electron chi connectivity index (χ0n) is 14.2. The van der Waals surface area contributed by atoms with Gasteiger partial charge in [0.25, 0.3) is 0 Å². The quantitative estimate of drug-likeness (QED) is 0.725. The fourth-order valence-electron chi connectivity index (χ4n) is 2.16. The van der Waals surface area contributed by atoms with Crippen molar-refractivity contribution in [1.82, 2.24) is 5.32 Å². The van der Waals surface area contributed by atoms with E-state index in [9.17, 15) is 13.2 Å². The number of carbonyl (C=O) groups excluding carboxylic acids is 1. The minimum absolute atomic E-state index is 0.0950.